The van der Waals surface area contributed by atoms with E-state index in [1.165, 1.54) is 47.7 Å². The molecule has 31 heavy (non-hydrogen) atoms. The molecular weight excluding hydrogens is 408 g/mol. The van der Waals surface area contributed by atoms with Crippen LogP contribution in [0.25, 0.3) is 0 Å². The molecule has 0 spiro atoms. The van der Waals surface area contributed by atoms with Gasteiger partial charge in [-0.15, -0.1) is 10.2 Å². The lowest BCUT2D eigenvalue weighted by molar-refractivity contribution is -0.118. The molecule has 162 valence electrons. The number of fused-ring (bicyclic) bond motifs is 1. The minimum absolute atomic E-state index is 0.0284. The van der Waals surface area contributed by atoms with Gasteiger partial charge in [0.1, 0.15) is 12.4 Å². The summed E-state index contributed by atoms with van der Waals surface area (Å²) in [5.74, 6) is 1.92. The van der Waals surface area contributed by atoms with E-state index in [0.29, 0.717) is 24.1 Å². The van der Waals surface area contributed by atoms with E-state index in [1.807, 2.05) is 41.9 Å². The monoisotopic (exact) mass is 436 g/mol. The van der Waals surface area contributed by atoms with Crippen molar-refractivity contribution in [2.24, 2.45) is 7.05 Å². The topological polar surface area (TPSA) is 69.0 Å². The van der Waals surface area contributed by atoms with E-state index in [0.717, 1.165) is 23.6 Å². The molecule has 0 saturated heterocycles. The fourth-order valence-electron chi connectivity index (χ4n) is 3.86. The van der Waals surface area contributed by atoms with Crippen molar-refractivity contribution in [3.05, 3.63) is 70.5 Å². The van der Waals surface area contributed by atoms with Gasteiger partial charge in [0.05, 0.1) is 5.75 Å². The minimum atomic E-state index is -0.0284. The molecular formula is C24H28N4O2S. The Morgan fingerprint density at radius 1 is 1.13 bits per heavy atom. The molecule has 1 aliphatic carbocycles. The number of benzene rings is 2. The molecule has 0 unspecified atom stereocenters. The van der Waals surface area contributed by atoms with Gasteiger partial charge in [0.25, 0.3) is 0 Å². The van der Waals surface area contributed by atoms with Gasteiger partial charge >= 0.3 is 0 Å². The molecule has 0 atom stereocenters. The van der Waals surface area contributed by atoms with E-state index in [9.17, 15) is 4.79 Å². The Morgan fingerprint density at radius 2 is 1.94 bits per heavy atom. The van der Waals surface area contributed by atoms with E-state index < -0.39 is 0 Å². The largest absolute Gasteiger partial charge is 0.485 e. The SMILES string of the molecule is Cc1c(OCc2nnc(SCC(=O)NCc3ccccc3)n2C)ccc2c1CCCC2. The first-order chi connectivity index (χ1) is 15.1. The van der Waals surface area contributed by atoms with Crippen LogP contribution in [-0.2, 0) is 37.8 Å². The summed E-state index contributed by atoms with van der Waals surface area (Å²) in [5, 5.41) is 12.1. The predicted octanol–water partition coefficient (Wildman–Crippen LogP) is 3.99. The Hall–Kier alpha value is -2.80. The summed E-state index contributed by atoms with van der Waals surface area (Å²) in [6.45, 7) is 3.02. The summed E-state index contributed by atoms with van der Waals surface area (Å²) < 4.78 is 7.98. The third kappa shape index (κ3) is 5.28. The van der Waals surface area contributed by atoms with Crippen molar-refractivity contribution >= 4 is 17.7 Å². The van der Waals surface area contributed by atoms with Crippen LogP contribution < -0.4 is 10.1 Å². The van der Waals surface area contributed by atoms with Crippen LogP contribution in [0.2, 0.25) is 0 Å². The Bertz CT molecular complexity index is 1050. The second-order valence-corrected chi connectivity index (χ2v) is 8.77. The fourth-order valence-corrected chi connectivity index (χ4v) is 4.62. The Morgan fingerprint density at radius 3 is 2.77 bits per heavy atom. The highest BCUT2D eigenvalue weighted by molar-refractivity contribution is 7.99. The average molecular weight is 437 g/mol. The average Bonchev–Trinajstić information content (AvgIpc) is 3.16. The Kier molecular flexibility index (Phi) is 6.92. The minimum Gasteiger partial charge on any atom is -0.485 e. The number of nitrogens with zero attached hydrogens (tertiary/aromatic N) is 3. The van der Waals surface area contributed by atoms with Crippen molar-refractivity contribution in [3.8, 4) is 5.75 Å². The first-order valence-electron chi connectivity index (χ1n) is 10.7. The van der Waals surface area contributed by atoms with Crippen LogP contribution in [-0.4, -0.2) is 26.4 Å². The molecule has 1 aromatic heterocycles. The number of nitrogens with one attached hydrogen (secondary N) is 1. The van der Waals surface area contributed by atoms with Crippen LogP contribution in [0.15, 0.2) is 47.6 Å². The summed E-state index contributed by atoms with van der Waals surface area (Å²) in [4.78, 5) is 12.2. The summed E-state index contributed by atoms with van der Waals surface area (Å²) in [7, 11) is 1.91. The highest BCUT2D eigenvalue weighted by Gasteiger charge is 2.16. The highest BCUT2D eigenvalue weighted by Crippen LogP contribution is 2.31. The molecule has 0 radical (unpaired) electrons. The van der Waals surface area contributed by atoms with Gasteiger partial charge in [0.2, 0.25) is 5.91 Å². The maximum Gasteiger partial charge on any atom is 0.230 e. The lowest BCUT2D eigenvalue weighted by atomic mass is 9.88. The number of hydrogen-bond acceptors (Lipinski definition) is 5. The zero-order valence-corrected chi connectivity index (χ0v) is 18.9. The number of rotatable bonds is 8. The standard InChI is InChI=1S/C24H28N4O2S/c1-17-20-11-7-6-10-19(20)12-13-21(17)30-15-22-26-27-24(28(22)2)31-16-23(29)25-14-18-8-4-3-5-9-18/h3-5,8-9,12-13H,6-7,10-11,14-16H2,1-2H3,(H,25,29). The number of aryl methyl sites for hydroxylation is 1. The van der Waals surface area contributed by atoms with Crippen molar-refractivity contribution in [1.29, 1.82) is 0 Å². The normalized spacial score (nSPS) is 13.0. The zero-order valence-electron chi connectivity index (χ0n) is 18.1. The van der Waals surface area contributed by atoms with E-state index in [1.54, 1.807) is 0 Å². The lowest BCUT2D eigenvalue weighted by Gasteiger charge is -2.20. The molecule has 1 aliphatic rings. The molecule has 0 aliphatic heterocycles. The molecule has 6 nitrogen and oxygen atoms in total. The third-order valence-corrected chi connectivity index (χ3v) is 6.74. The van der Waals surface area contributed by atoms with Crippen LogP contribution in [0.3, 0.4) is 0 Å². The second kappa shape index (κ2) is 10.0. The zero-order chi connectivity index (χ0) is 21.6. The molecule has 1 N–H and O–H groups in total. The van der Waals surface area contributed by atoms with E-state index >= 15 is 0 Å². The van der Waals surface area contributed by atoms with Crippen LogP contribution in [0.4, 0.5) is 0 Å². The van der Waals surface area contributed by atoms with Crippen molar-refractivity contribution < 1.29 is 9.53 Å². The first-order valence-corrected chi connectivity index (χ1v) is 11.7. The number of amides is 1. The van der Waals surface area contributed by atoms with Gasteiger partial charge in [-0.05, 0) is 60.9 Å². The fraction of sp³-hybridized carbons (Fsp3) is 0.375. The maximum absolute atomic E-state index is 12.2. The first kappa shape index (κ1) is 21.4. The number of ether oxygens (including phenoxy) is 1. The third-order valence-electron chi connectivity index (χ3n) is 5.72. The molecule has 2 aromatic carbocycles. The van der Waals surface area contributed by atoms with E-state index in [4.69, 9.17) is 4.74 Å². The van der Waals surface area contributed by atoms with Gasteiger partial charge in [-0.2, -0.15) is 0 Å². The molecule has 4 rings (SSSR count). The van der Waals surface area contributed by atoms with E-state index in [-0.39, 0.29) is 5.91 Å². The van der Waals surface area contributed by atoms with Crippen LogP contribution in [0.5, 0.6) is 5.75 Å². The maximum atomic E-state index is 12.2. The van der Waals surface area contributed by atoms with Crippen molar-refractivity contribution in [2.75, 3.05) is 5.75 Å². The summed E-state index contributed by atoms with van der Waals surface area (Å²) in [5.41, 5.74) is 5.22. The van der Waals surface area contributed by atoms with Gasteiger partial charge in [-0.1, -0.05) is 48.2 Å². The molecule has 0 bridgehead atoms. The predicted molar refractivity (Wildman–Crippen MR) is 122 cm³/mol. The van der Waals surface area contributed by atoms with Gasteiger partial charge in [-0.3, -0.25) is 4.79 Å². The van der Waals surface area contributed by atoms with Gasteiger partial charge in [0, 0.05) is 13.6 Å². The van der Waals surface area contributed by atoms with Crippen LogP contribution in [0.1, 0.15) is 40.9 Å². The number of carbonyl (C=O) groups excluding carboxylic acids is 1. The molecule has 1 amide bonds. The quantitative estimate of drug-likeness (QED) is 0.541. The van der Waals surface area contributed by atoms with Crippen LogP contribution in [0, 0.1) is 6.92 Å². The number of carbonyl (C=O) groups is 1. The van der Waals surface area contributed by atoms with Crippen molar-refractivity contribution in [1.82, 2.24) is 20.1 Å². The Balaban J connectivity index is 1.30. The van der Waals surface area contributed by atoms with Crippen molar-refractivity contribution in [2.45, 2.75) is 50.9 Å². The summed E-state index contributed by atoms with van der Waals surface area (Å²) >= 11 is 1.38. The lowest BCUT2D eigenvalue weighted by Crippen LogP contribution is -2.24. The molecule has 1 heterocycles. The van der Waals surface area contributed by atoms with Gasteiger partial charge < -0.3 is 14.6 Å². The van der Waals surface area contributed by atoms with Gasteiger partial charge in [-0.25, -0.2) is 0 Å². The number of hydrogen-bond donors (Lipinski definition) is 1. The molecule has 0 fully saturated rings. The number of aromatic nitrogens is 3. The van der Waals surface area contributed by atoms with Crippen LogP contribution >= 0.6 is 11.8 Å². The Labute approximate surface area is 187 Å². The molecule has 0 saturated carbocycles. The second-order valence-electron chi connectivity index (χ2n) is 7.83. The highest BCUT2D eigenvalue weighted by atomic mass is 32.2. The number of thioether (sulfide) groups is 1. The summed E-state index contributed by atoms with van der Waals surface area (Å²) in [6, 6.07) is 14.1. The smallest absolute Gasteiger partial charge is 0.230 e. The summed E-state index contributed by atoms with van der Waals surface area (Å²) in [6.07, 6.45) is 4.82. The van der Waals surface area contributed by atoms with Gasteiger partial charge in [0.15, 0.2) is 11.0 Å². The molecule has 3 aromatic rings. The van der Waals surface area contributed by atoms with E-state index in [2.05, 4.69) is 34.6 Å². The van der Waals surface area contributed by atoms with Crippen molar-refractivity contribution in [3.63, 3.8) is 0 Å². The molecule has 7 heteroatoms.